The number of anilines is 1. The van der Waals surface area contributed by atoms with Gasteiger partial charge in [-0.05, 0) is 56.7 Å². The third kappa shape index (κ3) is 3.70. The molecule has 1 aromatic carbocycles. The average Bonchev–Trinajstić information content (AvgIpc) is 3.01. The second-order valence-corrected chi connectivity index (χ2v) is 7.84. The lowest BCUT2D eigenvalue weighted by atomic mass is 10.0. The highest BCUT2D eigenvalue weighted by Gasteiger charge is 2.33. The monoisotopic (exact) mass is 341 g/mol. The van der Waals surface area contributed by atoms with Crippen molar-refractivity contribution in [3.8, 4) is 0 Å². The second kappa shape index (κ2) is 6.54. The smallest absolute Gasteiger partial charge is 0.410 e. The summed E-state index contributed by atoms with van der Waals surface area (Å²) in [5, 5.41) is 2.27. The zero-order chi connectivity index (χ0) is 18.2. The maximum Gasteiger partial charge on any atom is 0.410 e. The molecule has 1 aliphatic rings. The number of ether oxygens (including phenoxy) is 1. The molecule has 3 rings (SSSR count). The van der Waals surface area contributed by atoms with Crippen LogP contribution in [-0.4, -0.2) is 42.2 Å². The number of carbonyl (C=O) groups is 1. The van der Waals surface area contributed by atoms with Crippen LogP contribution >= 0.6 is 0 Å². The average molecular weight is 341 g/mol. The number of likely N-dealkylation sites (tertiary alicyclic amines) is 1. The van der Waals surface area contributed by atoms with Gasteiger partial charge in [0.05, 0.1) is 6.04 Å². The summed E-state index contributed by atoms with van der Waals surface area (Å²) in [5.41, 5.74) is 0.687. The molecule has 25 heavy (non-hydrogen) atoms. The Labute approximate surface area is 149 Å². The fourth-order valence-corrected chi connectivity index (χ4v) is 3.40. The molecule has 0 bridgehead atoms. The third-order valence-electron chi connectivity index (χ3n) is 4.46. The first-order chi connectivity index (χ1) is 11.8. The van der Waals surface area contributed by atoms with E-state index in [9.17, 15) is 4.79 Å². The van der Waals surface area contributed by atoms with Gasteiger partial charge in [-0.3, -0.25) is 0 Å². The Hall–Kier alpha value is -2.30. The van der Waals surface area contributed by atoms with Crippen LogP contribution in [0.25, 0.3) is 10.8 Å². The third-order valence-corrected chi connectivity index (χ3v) is 4.46. The van der Waals surface area contributed by atoms with Crippen LogP contribution in [0.5, 0.6) is 0 Å². The standard InChI is InChI=1S/C20H27N3O2/c1-20(2,3)25-19(24)23-12-6-7-17(23)15-8-9-16-14(13-15)10-11-21-18(16)22(4)5/h8-11,13,17H,6-7,12H2,1-5H3/t17-/m0/s1. The lowest BCUT2D eigenvalue weighted by molar-refractivity contribution is 0.0224. The Bertz CT molecular complexity index is 780. The van der Waals surface area contributed by atoms with E-state index in [-0.39, 0.29) is 12.1 Å². The van der Waals surface area contributed by atoms with Crippen molar-refractivity contribution in [2.75, 3.05) is 25.5 Å². The molecule has 1 aliphatic heterocycles. The Morgan fingerprint density at radius 3 is 2.72 bits per heavy atom. The summed E-state index contributed by atoms with van der Waals surface area (Å²) in [6, 6.07) is 8.51. The number of benzene rings is 1. The minimum Gasteiger partial charge on any atom is -0.444 e. The van der Waals surface area contributed by atoms with Crippen molar-refractivity contribution >= 4 is 22.7 Å². The van der Waals surface area contributed by atoms with Gasteiger partial charge >= 0.3 is 6.09 Å². The molecule has 2 heterocycles. The minimum absolute atomic E-state index is 0.0789. The molecule has 0 N–H and O–H groups in total. The van der Waals surface area contributed by atoms with Crippen LogP contribution in [0.15, 0.2) is 30.5 Å². The number of rotatable bonds is 2. The zero-order valence-corrected chi connectivity index (χ0v) is 15.7. The van der Waals surface area contributed by atoms with E-state index in [1.807, 2.05) is 56.9 Å². The summed E-state index contributed by atoms with van der Waals surface area (Å²) in [6.07, 6.45) is 3.58. The van der Waals surface area contributed by atoms with Crippen molar-refractivity contribution in [1.29, 1.82) is 0 Å². The van der Waals surface area contributed by atoms with Crippen molar-refractivity contribution in [1.82, 2.24) is 9.88 Å². The molecule has 5 nitrogen and oxygen atoms in total. The first kappa shape index (κ1) is 17.5. The molecular weight excluding hydrogens is 314 g/mol. The maximum atomic E-state index is 12.5. The molecule has 5 heteroatoms. The van der Waals surface area contributed by atoms with Crippen LogP contribution in [0, 0.1) is 0 Å². The summed E-state index contributed by atoms with van der Waals surface area (Å²) >= 11 is 0. The number of nitrogens with zero attached hydrogens (tertiary/aromatic N) is 3. The van der Waals surface area contributed by atoms with E-state index in [0.29, 0.717) is 0 Å². The van der Waals surface area contributed by atoms with Crippen molar-refractivity contribution in [3.05, 3.63) is 36.0 Å². The van der Waals surface area contributed by atoms with Crippen LogP contribution in [0.4, 0.5) is 10.6 Å². The SMILES string of the molecule is CN(C)c1nccc2cc([C@@H]3CCCN3C(=O)OC(C)(C)C)ccc12. The van der Waals surface area contributed by atoms with Gasteiger partial charge in [0.15, 0.2) is 0 Å². The van der Waals surface area contributed by atoms with Crippen LogP contribution in [0.1, 0.15) is 45.2 Å². The van der Waals surface area contributed by atoms with E-state index in [1.54, 1.807) is 0 Å². The van der Waals surface area contributed by atoms with Gasteiger partial charge in [0.25, 0.3) is 0 Å². The zero-order valence-electron chi connectivity index (χ0n) is 15.7. The van der Waals surface area contributed by atoms with E-state index in [1.165, 1.54) is 0 Å². The van der Waals surface area contributed by atoms with Gasteiger partial charge in [0.1, 0.15) is 11.4 Å². The highest BCUT2D eigenvalue weighted by Crippen LogP contribution is 2.35. The highest BCUT2D eigenvalue weighted by molar-refractivity contribution is 5.92. The number of fused-ring (bicyclic) bond motifs is 1. The Kier molecular flexibility index (Phi) is 4.58. The topological polar surface area (TPSA) is 45.7 Å². The van der Waals surface area contributed by atoms with Crippen LogP contribution in [0.2, 0.25) is 0 Å². The van der Waals surface area contributed by atoms with Crippen LogP contribution < -0.4 is 4.90 Å². The molecular formula is C20H27N3O2. The van der Waals surface area contributed by atoms with E-state index >= 15 is 0 Å². The Balaban J connectivity index is 1.91. The summed E-state index contributed by atoms with van der Waals surface area (Å²) in [5.74, 6) is 0.958. The number of carbonyl (C=O) groups excluding carboxylic acids is 1. The summed E-state index contributed by atoms with van der Waals surface area (Å²) in [4.78, 5) is 20.9. The van der Waals surface area contributed by atoms with Crippen molar-refractivity contribution in [2.24, 2.45) is 0 Å². The fraction of sp³-hybridized carbons (Fsp3) is 0.500. The summed E-state index contributed by atoms with van der Waals surface area (Å²) in [6.45, 7) is 6.46. The van der Waals surface area contributed by atoms with Crippen molar-refractivity contribution < 1.29 is 9.53 Å². The molecule has 0 unspecified atom stereocenters. The number of aromatic nitrogens is 1. The number of hydrogen-bond donors (Lipinski definition) is 0. The quantitative estimate of drug-likeness (QED) is 0.813. The fourth-order valence-electron chi connectivity index (χ4n) is 3.40. The molecule has 0 saturated carbocycles. The number of amides is 1. The van der Waals surface area contributed by atoms with Gasteiger partial charge in [-0.2, -0.15) is 0 Å². The summed E-state index contributed by atoms with van der Waals surface area (Å²) < 4.78 is 5.58. The first-order valence-electron chi connectivity index (χ1n) is 8.82. The highest BCUT2D eigenvalue weighted by atomic mass is 16.6. The van der Waals surface area contributed by atoms with E-state index in [0.717, 1.165) is 41.5 Å². The number of hydrogen-bond acceptors (Lipinski definition) is 4. The molecule has 134 valence electrons. The van der Waals surface area contributed by atoms with Gasteiger partial charge in [0, 0.05) is 32.2 Å². The second-order valence-electron chi connectivity index (χ2n) is 7.84. The van der Waals surface area contributed by atoms with Crippen LogP contribution in [-0.2, 0) is 4.74 Å². The van der Waals surface area contributed by atoms with Crippen molar-refractivity contribution in [3.63, 3.8) is 0 Å². The van der Waals surface area contributed by atoms with E-state index in [2.05, 4.69) is 23.2 Å². The molecule has 1 atom stereocenters. The van der Waals surface area contributed by atoms with Gasteiger partial charge in [-0.25, -0.2) is 9.78 Å². The van der Waals surface area contributed by atoms with Crippen LogP contribution in [0.3, 0.4) is 0 Å². The molecule has 1 fully saturated rings. The Morgan fingerprint density at radius 1 is 1.28 bits per heavy atom. The lowest BCUT2D eigenvalue weighted by Crippen LogP contribution is -2.36. The van der Waals surface area contributed by atoms with Crippen molar-refractivity contribution in [2.45, 2.75) is 45.3 Å². The Morgan fingerprint density at radius 2 is 2.04 bits per heavy atom. The molecule has 1 saturated heterocycles. The maximum absolute atomic E-state index is 12.5. The molecule has 0 radical (unpaired) electrons. The molecule has 1 amide bonds. The number of pyridine rings is 1. The predicted molar refractivity (Wildman–Crippen MR) is 101 cm³/mol. The van der Waals surface area contributed by atoms with Gasteiger partial charge in [-0.15, -0.1) is 0 Å². The minimum atomic E-state index is -0.472. The van der Waals surface area contributed by atoms with Gasteiger partial charge < -0.3 is 14.5 Å². The summed E-state index contributed by atoms with van der Waals surface area (Å²) in [7, 11) is 3.99. The predicted octanol–water partition coefficient (Wildman–Crippen LogP) is 4.37. The van der Waals surface area contributed by atoms with Gasteiger partial charge in [0.2, 0.25) is 0 Å². The van der Waals surface area contributed by atoms with E-state index < -0.39 is 5.60 Å². The van der Waals surface area contributed by atoms with Gasteiger partial charge in [-0.1, -0.05) is 12.1 Å². The first-order valence-corrected chi connectivity index (χ1v) is 8.82. The molecule has 0 spiro atoms. The van der Waals surface area contributed by atoms with E-state index in [4.69, 9.17) is 4.74 Å². The largest absolute Gasteiger partial charge is 0.444 e. The molecule has 0 aliphatic carbocycles. The lowest BCUT2D eigenvalue weighted by Gasteiger charge is -2.29. The molecule has 1 aromatic heterocycles. The normalized spacial score (nSPS) is 17.8. The molecule has 2 aromatic rings.